The van der Waals surface area contributed by atoms with Crippen LogP contribution in [0, 0.1) is 0 Å². The zero-order chi connectivity index (χ0) is 14.4. The first-order valence-electron chi connectivity index (χ1n) is 6.87. The Morgan fingerprint density at radius 1 is 1.25 bits per heavy atom. The van der Waals surface area contributed by atoms with E-state index in [9.17, 15) is 4.79 Å². The standard InChI is InChI=1S/C15H19N3O2/c1-3-9-18-15(16-11-17-18)10-14(19)12-5-7-13(8-6-12)20-4-2/h5-8,11H,3-4,9-10H2,1-2H3. The molecule has 1 aromatic carbocycles. The molecule has 0 bridgehead atoms. The lowest BCUT2D eigenvalue weighted by atomic mass is 10.1. The smallest absolute Gasteiger partial charge is 0.170 e. The van der Waals surface area contributed by atoms with Crippen LogP contribution < -0.4 is 4.74 Å². The molecule has 2 rings (SSSR count). The summed E-state index contributed by atoms with van der Waals surface area (Å²) in [5, 5.41) is 4.12. The van der Waals surface area contributed by atoms with E-state index in [1.165, 1.54) is 6.33 Å². The first kappa shape index (κ1) is 14.2. The Balaban J connectivity index is 2.05. The molecule has 0 N–H and O–H groups in total. The van der Waals surface area contributed by atoms with Crippen molar-refractivity contribution in [2.24, 2.45) is 0 Å². The molecule has 0 unspecified atom stereocenters. The van der Waals surface area contributed by atoms with Gasteiger partial charge < -0.3 is 4.74 Å². The SMILES string of the molecule is CCCn1ncnc1CC(=O)c1ccc(OCC)cc1. The molecule has 0 amide bonds. The van der Waals surface area contributed by atoms with E-state index in [2.05, 4.69) is 17.0 Å². The van der Waals surface area contributed by atoms with Gasteiger partial charge in [0.1, 0.15) is 17.9 Å². The van der Waals surface area contributed by atoms with Crippen LogP contribution in [-0.2, 0) is 13.0 Å². The summed E-state index contributed by atoms with van der Waals surface area (Å²) < 4.78 is 7.14. The van der Waals surface area contributed by atoms with Gasteiger partial charge in [-0.1, -0.05) is 6.92 Å². The van der Waals surface area contributed by atoms with E-state index in [0.717, 1.165) is 18.7 Å². The number of rotatable bonds is 7. The Morgan fingerprint density at radius 2 is 2.00 bits per heavy atom. The molecule has 0 aliphatic carbocycles. The minimum atomic E-state index is 0.0402. The number of aryl methyl sites for hydroxylation is 1. The number of hydrogen-bond donors (Lipinski definition) is 0. The second-order valence-electron chi connectivity index (χ2n) is 4.46. The van der Waals surface area contributed by atoms with Crippen LogP contribution >= 0.6 is 0 Å². The fraction of sp³-hybridized carbons (Fsp3) is 0.400. The number of benzene rings is 1. The summed E-state index contributed by atoms with van der Waals surface area (Å²) in [5.41, 5.74) is 0.666. The van der Waals surface area contributed by atoms with Gasteiger partial charge >= 0.3 is 0 Å². The van der Waals surface area contributed by atoms with Crippen LogP contribution in [0.2, 0.25) is 0 Å². The normalized spacial score (nSPS) is 10.5. The van der Waals surface area contributed by atoms with Crippen molar-refractivity contribution in [3.63, 3.8) is 0 Å². The molecule has 0 radical (unpaired) electrons. The number of carbonyl (C=O) groups is 1. The van der Waals surface area contributed by atoms with E-state index in [1.54, 1.807) is 16.8 Å². The number of hydrogen-bond acceptors (Lipinski definition) is 4. The van der Waals surface area contributed by atoms with Crippen molar-refractivity contribution >= 4 is 5.78 Å². The van der Waals surface area contributed by atoms with Crippen LogP contribution in [-0.4, -0.2) is 27.2 Å². The number of carbonyl (C=O) groups excluding carboxylic acids is 1. The third kappa shape index (κ3) is 3.44. The number of aromatic nitrogens is 3. The van der Waals surface area contributed by atoms with Crippen LogP contribution in [0.3, 0.4) is 0 Å². The molecule has 2 aromatic rings. The summed E-state index contributed by atoms with van der Waals surface area (Å²) in [6.45, 7) is 5.40. The van der Waals surface area contributed by atoms with Gasteiger partial charge in [0.15, 0.2) is 5.78 Å². The van der Waals surface area contributed by atoms with E-state index in [1.807, 2.05) is 19.1 Å². The molecule has 0 aliphatic rings. The maximum Gasteiger partial charge on any atom is 0.170 e. The molecule has 5 heteroatoms. The van der Waals surface area contributed by atoms with Gasteiger partial charge in [-0.05, 0) is 37.6 Å². The quantitative estimate of drug-likeness (QED) is 0.727. The topological polar surface area (TPSA) is 57.0 Å². The number of ketones is 1. The summed E-state index contributed by atoms with van der Waals surface area (Å²) in [7, 11) is 0. The predicted octanol–water partition coefficient (Wildman–Crippen LogP) is 2.51. The molecule has 0 saturated carbocycles. The number of nitrogens with zero attached hydrogens (tertiary/aromatic N) is 3. The molecule has 0 spiro atoms. The number of Topliss-reactive ketones (excluding diaryl/α,β-unsaturated/α-hetero) is 1. The highest BCUT2D eigenvalue weighted by molar-refractivity contribution is 5.97. The van der Waals surface area contributed by atoms with E-state index in [-0.39, 0.29) is 12.2 Å². The Labute approximate surface area is 118 Å². The van der Waals surface area contributed by atoms with E-state index < -0.39 is 0 Å². The van der Waals surface area contributed by atoms with Gasteiger partial charge in [0.2, 0.25) is 0 Å². The van der Waals surface area contributed by atoms with E-state index in [0.29, 0.717) is 18.0 Å². The highest BCUT2D eigenvalue weighted by Gasteiger charge is 2.12. The summed E-state index contributed by atoms with van der Waals surface area (Å²) in [6.07, 6.45) is 2.73. The van der Waals surface area contributed by atoms with Gasteiger partial charge in [0, 0.05) is 12.1 Å². The highest BCUT2D eigenvalue weighted by Crippen LogP contribution is 2.13. The molecule has 5 nitrogen and oxygen atoms in total. The van der Waals surface area contributed by atoms with Gasteiger partial charge in [-0.25, -0.2) is 9.67 Å². The Bertz CT molecular complexity index is 561. The fourth-order valence-electron chi connectivity index (χ4n) is 1.97. The molecule has 0 atom stereocenters. The van der Waals surface area contributed by atoms with Crippen molar-refractivity contribution in [1.82, 2.24) is 14.8 Å². The fourth-order valence-corrected chi connectivity index (χ4v) is 1.97. The monoisotopic (exact) mass is 273 g/mol. The van der Waals surface area contributed by atoms with E-state index >= 15 is 0 Å². The first-order chi connectivity index (χ1) is 9.74. The average molecular weight is 273 g/mol. The lowest BCUT2D eigenvalue weighted by molar-refractivity contribution is 0.0989. The van der Waals surface area contributed by atoms with Gasteiger partial charge in [0.25, 0.3) is 0 Å². The van der Waals surface area contributed by atoms with Crippen molar-refractivity contribution < 1.29 is 9.53 Å². The first-order valence-corrected chi connectivity index (χ1v) is 6.87. The van der Waals surface area contributed by atoms with Crippen molar-refractivity contribution in [3.05, 3.63) is 42.0 Å². The molecule has 0 aliphatic heterocycles. The lowest BCUT2D eigenvalue weighted by Gasteiger charge is -2.05. The lowest BCUT2D eigenvalue weighted by Crippen LogP contribution is -2.11. The van der Waals surface area contributed by atoms with Crippen LogP contribution in [0.4, 0.5) is 0 Å². The molecular weight excluding hydrogens is 254 g/mol. The highest BCUT2D eigenvalue weighted by atomic mass is 16.5. The second-order valence-corrected chi connectivity index (χ2v) is 4.46. The van der Waals surface area contributed by atoms with Crippen molar-refractivity contribution in [3.8, 4) is 5.75 Å². The minimum Gasteiger partial charge on any atom is -0.494 e. The van der Waals surface area contributed by atoms with Gasteiger partial charge in [-0.2, -0.15) is 5.10 Å². The van der Waals surface area contributed by atoms with Crippen LogP contribution in [0.15, 0.2) is 30.6 Å². The minimum absolute atomic E-state index is 0.0402. The van der Waals surface area contributed by atoms with Crippen molar-refractivity contribution in [2.75, 3.05) is 6.61 Å². The van der Waals surface area contributed by atoms with E-state index in [4.69, 9.17) is 4.74 Å². The zero-order valence-corrected chi connectivity index (χ0v) is 11.9. The van der Waals surface area contributed by atoms with Crippen molar-refractivity contribution in [1.29, 1.82) is 0 Å². The van der Waals surface area contributed by atoms with Gasteiger partial charge in [0.05, 0.1) is 13.0 Å². The average Bonchev–Trinajstić information content (AvgIpc) is 2.88. The maximum absolute atomic E-state index is 12.2. The molecule has 1 heterocycles. The third-order valence-corrected chi connectivity index (χ3v) is 2.94. The van der Waals surface area contributed by atoms with Crippen LogP contribution in [0.25, 0.3) is 0 Å². The summed E-state index contributed by atoms with van der Waals surface area (Å²) in [5.74, 6) is 1.53. The maximum atomic E-state index is 12.2. The third-order valence-electron chi connectivity index (χ3n) is 2.94. The molecule has 20 heavy (non-hydrogen) atoms. The van der Waals surface area contributed by atoms with Gasteiger partial charge in [-0.15, -0.1) is 0 Å². The van der Waals surface area contributed by atoms with Crippen LogP contribution in [0.1, 0.15) is 36.5 Å². The summed E-state index contributed by atoms with van der Waals surface area (Å²) >= 11 is 0. The Kier molecular flexibility index (Phi) is 4.87. The van der Waals surface area contributed by atoms with Gasteiger partial charge in [-0.3, -0.25) is 4.79 Å². The molecule has 0 fully saturated rings. The van der Waals surface area contributed by atoms with Crippen LogP contribution in [0.5, 0.6) is 5.75 Å². The summed E-state index contributed by atoms with van der Waals surface area (Å²) in [6, 6.07) is 7.20. The zero-order valence-electron chi connectivity index (χ0n) is 11.9. The Morgan fingerprint density at radius 3 is 2.65 bits per heavy atom. The predicted molar refractivity (Wildman–Crippen MR) is 76.0 cm³/mol. The number of ether oxygens (including phenoxy) is 1. The Hall–Kier alpha value is -2.17. The summed E-state index contributed by atoms with van der Waals surface area (Å²) in [4.78, 5) is 16.4. The second kappa shape index (κ2) is 6.84. The molecule has 106 valence electrons. The largest absolute Gasteiger partial charge is 0.494 e. The molecule has 1 aromatic heterocycles. The molecule has 0 saturated heterocycles. The van der Waals surface area contributed by atoms with Crippen molar-refractivity contribution in [2.45, 2.75) is 33.2 Å². The molecular formula is C15H19N3O2.